The van der Waals surface area contributed by atoms with Gasteiger partial charge in [0, 0.05) is 6.04 Å². The minimum atomic E-state index is -0.500. The van der Waals surface area contributed by atoms with Crippen molar-refractivity contribution in [1.29, 1.82) is 0 Å². The van der Waals surface area contributed by atoms with E-state index in [0.29, 0.717) is 35.0 Å². The van der Waals surface area contributed by atoms with Gasteiger partial charge < -0.3 is 14.2 Å². The third kappa shape index (κ3) is 5.03. The predicted octanol–water partition coefficient (Wildman–Crippen LogP) is 3.47. The number of carbonyl (C=O) groups excluding carboxylic acids is 3. The van der Waals surface area contributed by atoms with Crippen LogP contribution in [0.5, 0.6) is 11.5 Å². The third-order valence-electron chi connectivity index (χ3n) is 3.99. The molecule has 0 bridgehead atoms. The number of carbonyl (C=O) groups is 3. The molecule has 8 heteroatoms. The van der Waals surface area contributed by atoms with Crippen molar-refractivity contribution in [2.24, 2.45) is 0 Å². The van der Waals surface area contributed by atoms with Crippen molar-refractivity contribution in [3.8, 4) is 11.5 Å². The molecule has 2 rings (SSSR count). The summed E-state index contributed by atoms with van der Waals surface area (Å²) in [6.45, 7) is 5.78. The maximum absolute atomic E-state index is 12.5. The molecule has 1 aromatic carbocycles. The first-order valence-corrected chi connectivity index (χ1v) is 9.46. The first kappa shape index (κ1) is 20.8. The van der Waals surface area contributed by atoms with Crippen LogP contribution in [0.15, 0.2) is 23.1 Å². The Morgan fingerprint density at radius 3 is 2.59 bits per heavy atom. The molecule has 7 nitrogen and oxygen atoms in total. The van der Waals surface area contributed by atoms with E-state index in [4.69, 9.17) is 9.47 Å². The highest BCUT2D eigenvalue weighted by molar-refractivity contribution is 8.18. The molecule has 0 radical (unpaired) electrons. The molecule has 1 aliphatic rings. The Morgan fingerprint density at radius 1 is 1.22 bits per heavy atom. The number of ether oxygens (including phenoxy) is 3. The molecule has 1 saturated heterocycles. The quantitative estimate of drug-likeness (QED) is 0.494. The van der Waals surface area contributed by atoms with Gasteiger partial charge in [-0.25, -0.2) is 4.79 Å². The van der Waals surface area contributed by atoms with Crippen molar-refractivity contribution in [3.63, 3.8) is 0 Å². The van der Waals surface area contributed by atoms with Crippen molar-refractivity contribution >= 4 is 35.0 Å². The maximum Gasteiger partial charge on any atom is 0.343 e. The van der Waals surface area contributed by atoms with Crippen molar-refractivity contribution < 1.29 is 28.6 Å². The molecule has 0 unspecified atom stereocenters. The summed E-state index contributed by atoms with van der Waals surface area (Å²) < 4.78 is 15.5. The van der Waals surface area contributed by atoms with E-state index in [1.807, 2.05) is 20.8 Å². The molecule has 1 heterocycles. The second-order valence-electron chi connectivity index (χ2n) is 5.81. The van der Waals surface area contributed by atoms with Gasteiger partial charge in [0.2, 0.25) is 0 Å². The largest absolute Gasteiger partial charge is 0.490 e. The van der Waals surface area contributed by atoms with Gasteiger partial charge in [-0.3, -0.25) is 14.5 Å². The molecular weight excluding hydrogens is 370 g/mol. The summed E-state index contributed by atoms with van der Waals surface area (Å²) in [6.07, 6.45) is 2.35. The molecule has 0 N–H and O–H groups in total. The Hall–Kier alpha value is -2.48. The average Bonchev–Trinajstić information content (AvgIpc) is 2.93. The van der Waals surface area contributed by atoms with Crippen LogP contribution >= 0.6 is 11.8 Å². The topological polar surface area (TPSA) is 82.1 Å². The summed E-state index contributed by atoms with van der Waals surface area (Å²) >= 11 is 0.926. The summed E-state index contributed by atoms with van der Waals surface area (Å²) in [7, 11) is 1.28. The number of nitrogens with zero attached hydrogens (tertiary/aromatic N) is 1. The summed E-state index contributed by atoms with van der Waals surface area (Å²) in [6, 6.07) is 4.94. The number of imide groups is 1. The second kappa shape index (κ2) is 9.45. The van der Waals surface area contributed by atoms with Crippen LogP contribution in [0, 0.1) is 0 Å². The Kier molecular flexibility index (Phi) is 7.29. The van der Waals surface area contributed by atoms with Crippen LogP contribution in [-0.2, 0) is 14.3 Å². The van der Waals surface area contributed by atoms with Gasteiger partial charge in [-0.15, -0.1) is 0 Å². The van der Waals surface area contributed by atoms with Crippen LogP contribution in [0.25, 0.3) is 6.08 Å². The summed E-state index contributed by atoms with van der Waals surface area (Å²) in [5.41, 5.74) is 0.693. The fourth-order valence-corrected chi connectivity index (χ4v) is 3.32. The highest BCUT2D eigenvalue weighted by Crippen LogP contribution is 2.36. The fraction of sp³-hybridized carbons (Fsp3) is 0.421. The van der Waals surface area contributed by atoms with Crippen LogP contribution in [0.1, 0.15) is 32.8 Å². The first-order valence-electron chi connectivity index (χ1n) is 8.64. The Morgan fingerprint density at radius 2 is 1.96 bits per heavy atom. The Labute approximate surface area is 162 Å². The molecule has 1 fully saturated rings. The van der Waals surface area contributed by atoms with Crippen molar-refractivity contribution in [3.05, 3.63) is 28.7 Å². The highest BCUT2D eigenvalue weighted by atomic mass is 32.2. The van der Waals surface area contributed by atoms with E-state index in [9.17, 15) is 14.4 Å². The van der Waals surface area contributed by atoms with Crippen molar-refractivity contribution in [1.82, 2.24) is 4.90 Å². The number of hydrogen-bond donors (Lipinski definition) is 0. The molecule has 1 aliphatic heterocycles. The number of rotatable bonds is 8. The van der Waals surface area contributed by atoms with Gasteiger partial charge in [-0.2, -0.15) is 0 Å². The molecule has 0 aromatic heterocycles. The van der Waals surface area contributed by atoms with Crippen LogP contribution in [0.2, 0.25) is 0 Å². The lowest BCUT2D eigenvalue weighted by Gasteiger charge is -2.19. The van der Waals surface area contributed by atoms with Crippen LogP contribution in [0.3, 0.4) is 0 Å². The zero-order chi connectivity index (χ0) is 20.0. The summed E-state index contributed by atoms with van der Waals surface area (Å²) in [5, 5.41) is -0.260. The zero-order valence-electron chi connectivity index (χ0n) is 15.8. The molecule has 27 heavy (non-hydrogen) atoms. The van der Waals surface area contributed by atoms with E-state index in [-0.39, 0.29) is 23.8 Å². The monoisotopic (exact) mass is 393 g/mol. The lowest BCUT2D eigenvalue weighted by atomic mass is 10.1. The van der Waals surface area contributed by atoms with E-state index < -0.39 is 5.97 Å². The minimum Gasteiger partial charge on any atom is -0.490 e. The SMILES string of the molecule is CCOc1cc(/C=C2/SC(=O)N([C@@H](C)CC)C2=O)ccc1OCC(=O)OC. The van der Waals surface area contributed by atoms with Gasteiger partial charge in [0.1, 0.15) is 0 Å². The smallest absolute Gasteiger partial charge is 0.343 e. The highest BCUT2D eigenvalue weighted by Gasteiger charge is 2.37. The minimum absolute atomic E-state index is 0.142. The molecule has 1 aromatic rings. The van der Waals surface area contributed by atoms with Gasteiger partial charge >= 0.3 is 5.97 Å². The van der Waals surface area contributed by atoms with Gasteiger partial charge in [0.25, 0.3) is 11.1 Å². The molecule has 2 amide bonds. The normalized spacial score (nSPS) is 16.6. The second-order valence-corrected chi connectivity index (χ2v) is 6.81. The summed E-state index contributed by atoms with van der Waals surface area (Å²) in [4.78, 5) is 37.5. The van der Waals surface area contributed by atoms with E-state index in [2.05, 4.69) is 4.74 Å². The number of hydrogen-bond acceptors (Lipinski definition) is 7. The molecular formula is C19H23NO6S. The molecule has 146 valence electrons. The first-order chi connectivity index (χ1) is 12.9. The number of thioether (sulfide) groups is 1. The molecule has 0 aliphatic carbocycles. The third-order valence-corrected chi connectivity index (χ3v) is 4.88. The lowest BCUT2D eigenvalue weighted by molar-refractivity contribution is -0.143. The van der Waals surface area contributed by atoms with Crippen molar-refractivity contribution in [2.45, 2.75) is 33.2 Å². The standard InChI is InChI=1S/C19H23NO6S/c1-5-12(3)20-18(22)16(27-19(20)23)10-13-7-8-14(15(9-13)25-6-2)26-11-17(21)24-4/h7-10,12H,5-6,11H2,1-4H3/b16-10+/t12-/m0/s1. The fourth-order valence-electron chi connectivity index (χ4n) is 2.39. The predicted molar refractivity (Wildman–Crippen MR) is 103 cm³/mol. The number of esters is 1. The number of methoxy groups -OCH3 is 1. The molecule has 0 saturated carbocycles. The summed E-state index contributed by atoms with van der Waals surface area (Å²) in [5.74, 6) is 0.0481. The lowest BCUT2D eigenvalue weighted by Crippen LogP contribution is -2.36. The van der Waals surface area contributed by atoms with E-state index >= 15 is 0 Å². The van der Waals surface area contributed by atoms with Gasteiger partial charge in [-0.1, -0.05) is 13.0 Å². The van der Waals surface area contributed by atoms with Crippen molar-refractivity contribution in [2.75, 3.05) is 20.3 Å². The van der Waals surface area contributed by atoms with Crippen LogP contribution in [0.4, 0.5) is 4.79 Å². The number of amides is 2. The Balaban J connectivity index is 2.24. The zero-order valence-corrected chi connectivity index (χ0v) is 16.6. The van der Waals surface area contributed by atoms with Crippen LogP contribution < -0.4 is 9.47 Å². The van der Waals surface area contributed by atoms with E-state index in [0.717, 1.165) is 11.8 Å². The van der Waals surface area contributed by atoms with E-state index in [1.165, 1.54) is 12.0 Å². The van der Waals surface area contributed by atoms with Crippen LogP contribution in [-0.4, -0.2) is 48.4 Å². The molecule has 0 spiro atoms. The number of benzene rings is 1. The van der Waals surface area contributed by atoms with E-state index in [1.54, 1.807) is 24.3 Å². The Bertz CT molecular complexity index is 761. The van der Waals surface area contributed by atoms with Gasteiger partial charge in [0.15, 0.2) is 18.1 Å². The van der Waals surface area contributed by atoms with Gasteiger partial charge in [0.05, 0.1) is 18.6 Å². The molecule has 1 atom stereocenters. The maximum atomic E-state index is 12.5. The average molecular weight is 393 g/mol. The van der Waals surface area contributed by atoms with Gasteiger partial charge in [-0.05, 0) is 55.8 Å².